The van der Waals surface area contributed by atoms with Gasteiger partial charge in [-0.1, -0.05) is 19.1 Å². The van der Waals surface area contributed by atoms with E-state index >= 15 is 4.39 Å². The van der Waals surface area contributed by atoms with Crippen molar-refractivity contribution in [3.05, 3.63) is 76.4 Å². The van der Waals surface area contributed by atoms with Crippen molar-refractivity contribution in [3.8, 4) is 0 Å². The molecule has 3 aromatic rings. The van der Waals surface area contributed by atoms with Crippen molar-refractivity contribution in [1.29, 1.82) is 0 Å². The first-order chi connectivity index (χ1) is 18.9. The molecule has 0 aliphatic carbocycles. The molecule has 0 unspecified atom stereocenters. The Bertz CT molecular complexity index is 1460. The van der Waals surface area contributed by atoms with Gasteiger partial charge < -0.3 is 19.3 Å². The molecule has 212 valence electrons. The van der Waals surface area contributed by atoms with Crippen LogP contribution in [0.2, 0.25) is 0 Å². The summed E-state index contributed by atoms with van der Waals surface area (Å²) in [4.78, 5) is 16.7. The molecule has 0 bridgehead atoms. The minimum atomic E-state index is -4.65. The zero-order valence-electron chi connectivity index (χ0n) is 22.1. The summed E-state index contributed by atoms with van der Waals surface area (Å²) in [5.41, 5.74) is -1.50. The molecule has 4 heterocycles. The predicted octanol–water partition coefficient (Wildman–Crippen LogP) is 3.93. The fourth-order valence-electron chi connectivity index (χ4n) is 5.93. The summed E-state index contributed by atoms with van der Waals surface area (Å²) < 4.78 is 65.2. The highest BCUT2D eigenvalue weighted by Crippen LogP contribution is 2.47. The van der Waals surface area contributed by atoms with E-state index in [4.69, 9.17) is 4.74 Å². The topological polar surface area (TPSA) is 83.7 Å². The third kappa shape index (κ3) is 4.29. The fourth-order valence-corrected chi connectivity index (χ4v) is 5.93. The lowest BCUT2D eigenvalue weighted by molar-refractivity contribution is -0.138. The van der Waals surface area contributed by atoms with E-state index in [2.05, 4.69) is 10.2 Å². The summed E-state index contributed by atoms with van der Waals surface area (Å²) >= 11 is 0. The number of rotatable bonds is 7. The first kappa shape index (κ1) is 26.9. The Morgan fingerprint density at radius 1 is 1.18 bits per heavy atom. The number of ether oxygens (including phenoxy) is 1. The van der Waals surface area contributed by atoms with Gasteiger partial charge in [-0.05, 0) is 47.4 Å². The maximum atomic E-state index is 15.8. The van der Waals surface area contributed by atoms with E-state index in [0.29, 0.717) is 36.3 Å². The zero-order valence-corrected chi connectivity index (χ0v) is 22.1. The molecule has 8 nitrogen and oxygen atoms in total. The number of carbonyl (C=O) groups excluding carboxylic acids is 1. The molecule has 2 fully saturated rings. The van der Waals surface area contributed by atoms with Gasteiger partial charge in [0.1, 0.15) is 6.33 Å². The molecule has 3 aliphatic rings. The largest absolute Gasteiger partial charge is 0.416 e. The lowest BCUT2D eigenvalue weighted by Gasteiger charge is -2.46. The third-order valence-corrected chi connectivity index (χ3v) is 8.42. The molecule has 12 heteroatoms. The number of halogens is 4. The van der Waals surface area contributed by atoms with Crippen LogP contribution in [0.25, 0.3) is 0 Å². The Kier molecular flexibility index (Phi) is 6.28. The van der Waals surface area contributed by atoms with Crippen LogP contribution in [0.5, 0.6) is 0 Å². The van der Waals surface area contributed by atoms with E-state index in [0.717, 1.165) is 6.07 Å². The van der Waals surface area contributed by atoms with Crippen LogP contribution in [0.15, 0.2) is 42.7 Å². The number of amides is 1. The number of nitrogens with zero attached hydrogens (tertiary/aromatic N) is 5. The van der Waals surface area contributed by atoms with Crippen LogP contribution in [-0.4, -0.2) is 62.6 Å². The Labute approximate surface area is 228 Å². The van der Waals surface area contributed by atoms with Gasteiger partial charge in [0, 0.05) is 37.9 Å². The van der Waals surface area contributed by atoms with Crippen LogP contribution in [0.1, 0.15) is 58.0 Å². The van der Waals surface area contributed by atoms with E-state index in [-0.39, 0.29) is 43.3 Å². The number of alkyl halides is 4. The number of fused-ring (bicyclic) bond motifs is 1. The molecule has 1 N–H and O–H groups in total. The molecular formula is C28H29F4N5O3. The van der Waals surface area contributed by atoms with Crippen LogP contribution in [0.4, 0.5) is 23.2 Å². The van der Waals surface area contributed by atoms with E-state index in [1.165, 1.54) is 21.9 Å². The van der Waals surface area contributed by atoms with Gasteiger partial charge in [0.15, 0.2) is 12.0 Å². The van der Waals surface area contributed by atoms with Gasteiger partial charge in [0.05, 0.1) is 36.3 Å². The van der Waals surface area contributed by atoms with Gasteiger partial charge in [0.2, 0.25) is 0 Å². The SMILES string of the molecule is CCC1(O)CN(Cc2cc3c(c(C(F)(F)F)c2)CN(c2cccc(C4([C@H](F)c5nncn5C)COC4)c2)C3=O)C1. The first-order valence-electron chi connectivity index (χ1n) is 13.1. The predicted molar refractivity (Wildman–Crippen MR) is 136 cm³/mol. The number of aliphatic hydroxyl groups is 1. The number of hydrogen-bond donors (Lipinski definition) is 1. The number of hydrogen-bond acceptors (Lipinski definition) is 6. The first-order valence-corrected chi connectivity index (χ1v) is 13.1. The molecule has 40 heavy (non-hydrogen) atoms. The molecule has 0 saturated carbocycles. The quantitative estimate of drug-likeness (QED) is 0.442. The number of aryl methyl sites for hydroxylation is 1. The lowest BCUT2D eigenvalue weighted by Crippen LogP contribution is -2.60. The van der Waals surface area contributed by atoms with Crippen molar-refractivity contribution in [2.24, 2.45) is 7.05 Å². The summed E-state index contributed by atoms with van der Waals surface area (Å²) in [6.07, 6.45) is -4.23. The fraction of sp³-hybridized carbons (Fsp3) is 0.464. The maximum absolute atomic E-state index is 15.8. The average molecular weight is 560 g/mol. The molecule has 0 radical (unpaired) electrons. The van der Waals surface area contributed by atoms with Gasteiger partial charge in [-0.25, -0.2) is 4.39 Å². The van der Waals surface area contributed by atoms with Crippen molar-refractivity contribution in [2.45, 2.75) is 49.8 Å². The molecule has 1 amide bonds. The second kappa shape index (κ2) is 9.35. The van der Waals surface area contributed by atoms with E-state index in [1.54, 1.807) is 31.3 Å². The molecule has 3 aliphatic heterocycles. The van der Waals surface area contributed by atoms with Crippen LogP contribution in [0, 0.1) is 0 Å². The minimum absolute atomic E-state index is 0.00523. The van der Waals surface area contributed by atoms with Gasteiger partial charge in [-0.15, -0.1) is 10.2 Å². The normalized spacial score (nSPS) is 20.7. The number of likely N-dealkylation sites (tertiary alicyclic amines) is 1. The Morgan fingerprint density at radius 3 is 2.52 bits per heavy atom. The highest BCUT2D eigenvalue weighted by atomic mass is 19.4. The molecule has 2 saturated heterocycles. The Balaban J connectivity index is 1.31. The molecule has 1 aromatic heterocycles. The van der Waals surface area contributed by atoms with Gasteiger partial charge in [-0.3, -0.25) is 9.69 Å². The summed E-state index contributed by atoms with van der Waals surface area (Å²) in [6, 6.07) is 9.30. The molecule has 1 atom stereocenters. The standard InChI is InChI=1S/C28H29F4N5O3/c1-3-26(39)12-36(13-26)10-17-7-20-21(22(8-17)28(30,31)32)11-37(25(20)38)19-6-4-5-18(9-19)27(14-40-15-27)23(29)24-34-33-16-35(24)2/h4-9,16,23,39H,3,10-15H2,1-2H3/t23-/m1/s1. The number of β-amino-alcohol motifs (C(OH)–C–C–N with tert-alkyl or cyclic N) is 1. The number of anilines is 1. The van der Waals surface area contributed by atoms with Gasteiger partial charge in [0.25, 0.3) is 5.91 Å². The summed E-state index contributed by atoms with van der Waals surface area (Å²) in [5.74, 6) is -0.405. The lowest BCUT2D eigenvalue weighted by atomic mass is 9.74. The van der Waals surface area contributed by atoms with Crippen molar-refractivity contribution >= 4 is 11.6 Å². The smallest absolute Gasteiger partial charge is 0.387 e. The van der Waals surface area contributed by atoms with Crippen molar-refractivity contribution in [2.75, 3.05) is 31.2 Å². The third-order valence-electron chi connectivity index (χ3n) is 8.42. The number of carbonyl (C=O) groups is 1. The van der Waals surface area contributed by atoms with Crippen molar-refractivity contribution in [1.82, 2.24) is 19.7 Å². The molecular weight excluding hydrogens is 530 g/mol. The van der Waals surface area contributed by atoms with E-state index in [1.807, 2.05) is 11.8 Å². The van der Waals surface area contributed by atoms with E-state index < -0.39 is 34.8 Å². The highest BCUT2D eigenvalue weighted by molar-refractivity contribution is 6.10. The van der Waals surface area contributed by atoms with Gasteiger partial charge in [-0.2, -0.15) is 13.2 Å². The Morgan fingerprint density at radius 2 is 1.93 bits per heavy atom. The van der Waals surface area contributed by atoms with Crippen LogP contribution in [0.3, 0.4) is 0 Å². The van der Waals surface area contributed by atoms with Crippen LogP contribution < -0.4 is 4.90 Å². The maximum Gasteiger partial charge on any atom is 0.416 e. The number of benzene rings is 2. The molecule has 2 aromatic carbocycles. The second-order valence-corrected chi connectivity index (χ2v) is 11.1. The van der Waals surface area contributed by atoms with Crippen LogP contribution >= 0.6 is 0 Å². The minimum Gasteiger partial charge on any atom is -0.387 e. The number of aromatic nitrogens is 3. The van der Waals surface area contributed by atoms with Gasteiger partial charge >= 0.3 is 6.18 Å². The Hall–Kier alpha value is -3.35. The summed E-state index contributed by atoms with van der Waals surface area (Å²) in [5, 5.41) is 18.0. The van der Waals surface area contributed by atoms with Crippen LogP contribution in [-0.2, 0) is 36.5 Å². The second-order valence-electron chi connectivity index (χ2n) is 11.1. The highest BCUT2D eigenvalue weighted by Gasteiger charge is 2.51. The molecule has 6 rings (SSSR count). The van der Waals surface area contributed by atoms with Crippen molar-refractivity contribution in [3.63, 3.8) is 0 Å². The zero-order chi connectivity index (χ0) is 28.4. The van der Waals surface area contributed by atoms with E-state index in [9.17, 15) is 23.1 Å². The summed E-state index contributed by atoms with van der Waals surface area (Å²) in [7, 11) is 1.64. The average Bonchev–Trinajstić information content (AvgIpc) is 3.44. The molecule has 0 spiro atoms. The summed E-state index contributed by atoms with van der Waals surface area (Å²) in [6.45, 7) is 2.71. The monoisotopic (exact) mass is 559 g/mol. The van der Waals surface area contributed by atoms with Crippen molar-refractivity contribution < 1.29 is 32.2 Å².